The van der Waals surface area contributed by atoms with Crippen molar-refractivity contribution in [1.82, 2.24) is 19.9 Å². The van der Waals surface area contributed by atoms with Crippen molar-refractivity contribution in [1.29, 1.82) is 0 Å². The van der Waals surface area contributed by atoms with Crippen molar-refractivity contribution >= 4 is 29.1 Å². The SMILES string of the molecule is O=C([C@@H]1CCCN(c2cnccn2)C1)N1CCN(c2ncc(C(F)(F)F)cc2Cl)CC1. The number of hydrogen-bond donors (Lipinski definition) is 0. The van der Waals surface area contributed by atoms with Gasteiger partial charge >= 0.3 is 6.18 Å². The van der Waals surface area contributed by atoms with Crippen LogP contribution in [-0.4, -0.2) is 65.0 Å². The Hall–Kier alpha value is -2.62. The first-order valence-corrected chi connectivity index (χ1v) is 10.5. The fourth-order valence-electron chi connectivity index (χ4n) is 4.06. The number of carbonyl (C=O) groups excluding carboxylic acids is 1. The lowest BCUT2D eigenvalue weighted by molar-refractivity contribution is -0.138. The summed E-state index contributed by atoms with van der Waals surface area (Å²) in [5.41, 5.74) is -0.875. The van der Waals surface area contributed by atoms with Crippen LogP contribution in [0.1, 0.15) is 18.4 Å². The summed E-state index contributed by atoms with van der Waals surface area (Å²) in [5.74, 6) is 1.07. The predicted molar refractivity (Wildman–Crippen MR) is 110 cm³/mol. The van der Waals surface area contributed by atoms with Gasteiger partial charge in [0.25, 0.3) is 0 Å². The molecule has 4 rings (SSSR count). The average Bonchev–Trinajstić information content (AvgIpc) is 2.79. The van der Waals surface area contributed by atoms with E-state index in [0.717, 1.165) is 37.5 Å². The topological polar surface area (TPSA) is 65.5 Å². The number of nitrogens with zero attached hydrogens (tertiary/aromatic N) is 6. The number of amides is 1. The molecule has 2 aromatic heterocycles. The van der Waals surface area contributed by atoms with Crippen LogP contribution in [0.5, 0.6) is 0 Å². The van der Waals surface area contributed by atoms with Gasteiger partial charge in [0.05, 0.1) is 22.7 Å². The van der Waals surface area contributed by atoms with Gasteiger partial charge in [-0.2, -0.15) is 13.2 Å². The number of piperidine rings is 1. The summed E-state index contributed by atoms with van der Waals surface area (Å²) in [7, 11) is 0. The Labute approximate surface area is 182 Å². The van der Waals surface area contributed by atoms with Gasteiger partial charge < -0.3 is 14.7 Å². The molecule has 166 valence electrons. The smallest absolute Gasteiger partial charge is 0.355 e. The van der Waals surface area contributed by atoms with E-state index in [-0.39, 0.29) is 16.8 Å². The molecule has 4 heterocycles. The number of anilines is 2. The largest absolute Gasteiger partial charge is 0.417 e. The molecular weight excluding hydrogens is 433 g/mol. The van der Waals surface area contributed by atoms with Gasteiger partial charge in [-0.25, -0.2) is 9.97 Å². The fraction of sp³-hybridized carbons (Fsp3) is 0.500. The first-order chi connectivity index (χ1) is 14.8. The van der Waals surface area contributed by atoms with Gasteiger partial charge in [-0.05, 0) is 18.9 Å². The summed E-state index contributed by atoms with van der Waals surface area (Å²) in [6.07, 6.45) is 2.99. The van der Waals surface area contributed by atoms with Crippen molar-refractivity contribution in [3.05, 3.63) is 41.4 Å². The van der Waals surface area contributed by atoms with Crippen LogP contribution in [0.25, 0.3) is 0 Å². The zero-order valence-electron chi connectivity index (χ0n) is 16.7. The Morgan fingerprint density at radius 1 is 1.03 bits per heavy atom. The average molecular weight is 455 g/mol. The van der Waals surface area contributed by atoms with Crippen molar-refractivity contribution < 1.29 is 18.0 Å². The Kier molecular flexibility index (Phi) is 6.17. The van der Waals surface area contributed by atoms with Crippen LogP contribution < -0.4 is 9.80 Å². The van der Waals surface area contributed by atoms with E-state index >= 15 is 0 Å². The maximum absolute atomic E-state index is 13.1. The standard InChI is InChI=1S/C20H22ClF3N6O/c21-16-10-15(20(22,23)24)11-27-18(16)28-6-8-29(9-7-28)19(31)14-2-1-5-30(13-14)17-12-25-3-4-26-17/h3-4,10-12,14H,1-2,5-9,13H2/t14-/m1/s1. The third-order valence-corrected chi connectivity index (χ3v) is 5.96. The molecule has 2 saturated heterocycles. The van der Waals surface area contributed by atoms with Gasteiger partial charge in [0.2, 0.25) is 5.91 Å². The minimum Gasteiger partial charge on any atom is -0.355 e. The number of piperazine rings is 1. The molecular formula is C20H22ClF3N6O. The highest BCUT2D eigenvalue weighted by molar-refractivity contribution is 6.33. The molecule has 1 amide bonds. The van der Waals surface area contributed by atoms with Crippen LogP contribution >= 0.6 is 11.6 Å². The second-order valence-electron chi connectivity index (χ2n) is 7.69. The summed E-state index contributed by atoms with van der Waals surface area (Å²) in [6, 6.07) is 0.893. The third kappa shape index (κ3) is 4.84. The van der Waals surface area contributed by atoms with Gasteiger partial charge in [0, 0.05) is 57.9 Å². The molecule has 7 nitrogen and oxygen atoms in total. The van der Waals surface area contributed by atoms with Gasteiger partial charge in [-0.1, -0.05) is 11.6 Å². The first kappa shape index (κ1) is 21.6. The van der Waals surface area contributed by atoms with Crippen LogP contribution in [0.4, 0.5) is 24.8 Å². The summed E-state index contributed by atoms with van der Waals surface area (Å²) in [6.45, 7) is 3.31. The van der Waals surface area contributed by atoms with Crippen molar-refractivity contribution in [3.63, 3.8) is 0 Å². The Morgan fingerprint density at radius 3 is 2.45 bits per heavy atom. The highest BCUT2D eigenvalue weighted by atomic mass is 35.5. The highest BCUT2D eigenvalue weighted by Crippen LogP contribution is 2.34. The summed E-state index contributed by atoms with van der Waals surface area (Å²) < 4.78 is 38.5. The molecule has 0 aromatic carbocycles. The van der Waals surface area contributed by atoms with E-state index in [0.29, 0.717) is 38.5 Å². The number of rotatable bonds is 3. The van der Waals surface area contributed by atoms with Gasteiger partial charge in [-0.3, -0.25) is 9.78 Å². The van der Waals surface area contributed by atoms with Gasteiger partial charge in [-0.15, -0.1) is 0 Å². The number of hydrogen-bond acceptors (Lipinski definition) is 6. The second kappa shape index (κ2) is 8.86. The molecule has 2 fully saturated rings. The fourth-order valence-corrected chi connectivity index (χ4v) is 4.34. The molecule has 0 radical (unpaired) electrons. The number of halogens is 4. The molecule has 0 saturated carbocycles. The maximum atomic E-state index is 13.1. The molecule has 0 spiro atoms. The van der Waals surface area contributed by atoms with Crippen LogP contribution in [-0.2, 0) is 11.0 Å². The normalized spacial score (nSPS) is 20.1. The summed E-state index contributed by atoms with van der Waals surface area (Å²) in [5, 5.41) is -0.0403. The van der Waals surface area contributed by atoms with E-state index < -0.39 is 11.7 Å². The van der Waals surface area contributed by atoms with E-state index in [1.165, 1.54) is 0 Å². The molecule has 31 heavy (non-hydrogen) atoms. The minimum atomic E-state index is -4.49. The lowest BCUT2D eigenvalue weighted by atomic mass is 9.96. The number of pyridine rings is 1. The predicted octanol–water partition coefficient (Wildman–Crippen LogP) is 3.11. The highest BCUT2D eigenvalue weighted by Gasteiger charge is 2.34. The van der Waals surface area contributed by atoms with E-state index in [9.17, 15) is 18.0 Å². The molecule has 0 bridgehead atoms. The quantitative estimate of drug-likeness (QED) is 0.710. The van der Waals surface area contributed by atoms with Crippen LogP contribution in [0.2, 0.25) is 5.02 Å². The molecule has 2 aliphatic heterocycles. The van der Waals surface area contributed by atoms with Crippen molar-refractivity contribution in [2.45, 2.75) is 19.0 Å². The summed E-state index contributed by atoms with van der Waals surface area (Å²) in [4.78, 5) is 31.1. The zero-order chi connectivity index (χ0) is 22.0. The zero-order valence-corrected chi connectivity index (χ0v) is 17.5. The van der Waals surface area contributed by atoms with Crippen molar-refractivity contribution in [2.24, 2.45) is 5.92 Å². The Morgan fingerprint density at radius 2 is 1.81 bits per heavy atom. The maximum Gasteiger partial charge on any atom is 0.417 e. The first-order valence-electron chi connectivity index (χ1n) is 10.1. The molecule has 0 N–H and O–H groups in total. The van der Waals surface area contributed by atoms with Crippen LogP contribution in [0, 0.1) is 5.92 Å². The molecule has 11 heteroatoms. The Bertz CT molecular complexity index is 921. The van der Waals surface area contributed by atoms with Crippen LogP contribution in [0.15, 0.2) is 30.9 Å². The molecule has 2 aromatic rings. The third-order valence-electron chi connectivity index (χ3n) is 5.68. The lowest BCUT2D eigenvalue weighted by Gasteiger charge is -2.39. The van der Waals surface area contributed by atoms with Gasteiger partial charge in [0.15, 0.2) is 0 Å². The van der Waals surface area contributed by atoms with E-state index in [4.69, 9.17) is 11.6 Å². The van der Waals surface area contributed by atoms with E-state index in [1.54, 1.807) is 18.6 Å². The lowest BCUT2D eigenvalue weighted by Crippen LogP contribution is -2.53. The Balaban J connectivity index is 1.36. The van der Waals surface area contributed by atoms with Gasteiger partial charge in [0.1, 0.15) is 11.6 Å². The number of carbonyl (C=O) groups is 1. The monoisotopic (exact) mass is 454 g/mol. The number of aromatic nitrogens is 3. The van der Waals surface area contributed by atoms with Crippen LogP contribution in [0.3, 0.4) is 0 Å². The molecule has 0 aliphatic carbocycles. The van der Waals surface area contributed by atoms with Crippen molar-refractivity contribution in [2.75, 3.05) is 49.1 Å². The second-order valence-corrected chi connectivity index (χ2v) is 8.10. The molecule has 0 unspecified atom stereocenters. The minimum absolute atomic E-state index is 0.0403. The molecule has 1 atom stereocenters. The van der Waals surface area contributed by atoms with E-state index in [2.05, 4.69) is 19.9 Å². The number of alkyl halides is 3. The van der Waals surface area contributed by atoms with Crippen molar-refractivity contribution in [3.8, 4) is 0 Å². The molecule has 2 aliphatic rings. The summed E-state index contributed by atoms with van der Waals surface area (Å²) >= 11 is 6.06. The van der Waals surface area contributed by atoms with E-state index in [1.807, 2.05) is 9.80 Å².